The van der Waals surface area contributed by atoms with Gasteiger partial charge in [-0.3, -0.25) is 0 Å². The van der Waals surface area contributed by atoms with Crippen molar-refractivity contribution in [2.24, 2.45) is 0 Å². The molecular formula is C27H25F12NO7. The molecule has 0 fully saturated rings. The van der Waals surface area contributed by atoms with Gasteiger partial charge in [-0.2, -0.15) is 52.7 Å². The molecule has 0 aliphatic heterocycles. The molecule has 2 aromatic carbocycles. The standard InChI is InChI=1S/C27H25F12NO7/c1-2-44-20(21(41)42)15-16-3-7-18(8-4-16)45-13-11-40(22(43)47-19-9-5-17(6-10-19)23(28,29)30)12-14-46-27(38,39)25(33,34)24(31,32)26(35,36)37/h3-10,20H,2,11-15H2,1H3,(H,41,42). The molecule has 0 aromatic heterocycles. The lowest BCUT2D eigenvalue weighted by Gasteiger charge is -2.33. The molecule has 1 N–H and O–H groups in total. The number of halogens is 12. The Hall–Kier alpha value is -3.94. The zero-order valence-electron chi connectivity index (χ0n) is 23.8. The molecule has 8 nitrogen and oxygen atoms in total. The lowest BCUT2D eigenvalue weighted by atomic mass is 10.1. The number of carbonyl (C=O) groups is 2. The summed E-state index contributed by atoms with van der Waals surface area (Å²) in [5, 5.41) is 9.18. The molecule has 0 saturated heterocycles. The zero-order valence-corrected chi connectivity index (χ0v) is 23.8. The van der Waals surface area contributed by atoms with Crippen molar-refractivity contribution in [3.8, 4) is 11.5 Å². The van der Waals surface area contributed by atoms with Gasteiger partial charge in [0.05, 0.1) is 18.7 Å². The number of rotatable bonds is 16. The van der Waals surface area contributed by atoms with E-state index < -0.39 is 86.1 Å². The van der Waals surface area contributed by atoms with Crippen LogP contribution < -0.4 is 9.47 Å². The topological polar surface area (TPSA) is 94.5 Å². The summed E-state index contributed by atoms with van der Waals surface area (Å²) < 4.78 is 175. The first-order chi connectivity index (χ1) is 21.5. The van der Waals surface area contributed by atoms with Crippen molar-refractivity contribution in [2.75, 3.05) is 32.9 Å². The molecule has 0 spiro atoms. The van der Waals surface area contributed by atoms with Gasteiger partial charge < -0.3 is 29.0 Å². The van der Waals surface area contributed by atoms with Gasteiger partial charge in [-0.05, 0) is 48.9 Å². The number of hydrogen-bond donors (Lipinski definition) is 1. The Morgan fingerprint density at radius 2 is 1.30 bits per heavy atom. The molecule has 1 unspecified atom stereocenters. The van der Waals surface area contributed by atoms with Gasteiger partial charge in [0.2, 0.25) is 0 Å². The van der Waals surface area contributed by atoms with E-state index in [2.05, 4.69) is 4.74 Å². The maximum absolute atomic E-state index is 13.8. The number of carbonyl (C=O) groups excluding carboxylic acids is 1. The Morgan fingerprint density at radius 1 is 0.766 bits per heavy atom. The van der Waals surface area contributed by atoms with Crippen LogP contribution in [0.5, 0.6) is 11.5 Å². The highest BCUT2D eigenvalue weighted by Gasteiger charge is 2.82. The second-order valence-electron chi connectivity index (χ2n) is 9.37. The third kappa shape index (κ3) is 10.3. The fourth-order valence-corrected chi connectivity index (χ4v) is 3.54. The number of benzene rings is 2. The summed E-state index contributed by atoms with van der Waals surface area (Å²) in [6, 6.07) is 8.04. The quantitative estimate of drug-likeness (QED) is 0.187. The predicted octanol–water partition coefficient (Wildman–Crippen LogP) is 7.06. The van der Waals surface area contributed by atoms with E-state index in [9.17, 15) is 67.4 Å². The molecule has 0 heterocycles. The SMILES string of the molecule is CCOC(Cc1ccc(OCCN(CCOC(F)(F)C(F)(F)C(F)(F)C(F)(F)F)C(=O)Oc2ccc(C(F)(F)F)cc2)cc1)C(=O)O. The van der Waals surface area contributed by atoms with Crippen LogP contribution in [0.15, 0.2) is 48.5 Å². The average molecular weight is 703 g/mol. The number of carboxylic acid groups (broad SMARTS) is 1. The van der Waals surface area contributed by atoms with Crippen LogP contribution in [0.3, 0.4) is 0 Å². The van der Waals surface area contributed by atoms with Crippen LogP contribution in [-0.2, 0) is 26.9 Å². The summed E-state index contributed by atoms with van der Waals surface area (Å²) in [5.74, 6) is -15.9. The molecule has 1 atom stereocenters. The minimum Gasteiger partial charge on any atom is -0.492 e. The van der Waals surface area contributed by atoms with Crippen molar-refractivity contribution < 1.29 is 86.3 Å². The lowest BCUT2D eigenvalue weighted by molar-refractivity contribution is -0.443. The third-order valence-electron chi connectivity index (χ3n) is 6.02. The number of hydrogen-bond acceptors (Lipinski definition) is 6. The Kier molecular flexibility index (Phi) is 12.8. The van der Waals surface area contributed by atoms with E-state index in [0.29, 0.717) is 34.7 Å². The van der Waals surface area contributed by atoms with Crippen LogP contribution in [-0.4, -0.2) is 85.2 Å². The van der Waals surface area contributed by atoms with Crippen molar-refractivity contribution in [1.29, 1.82) is 0 Å². The van der Waals surface area contributed by atoms with E-state index in [1.54, 1.807) is 6.92 Å². The van der Waals surface area contributed by atoms with E-state index in [-0.39, 0.29) is 18.8 Å². The van der Waals surface area contributed by atoms with Gasteiger partial charge in [0.1, 0.15) is 18.1 Å². The molecule has 0 radical (unpaired) electrons. The molecule has 2 aromatic rings. The largest absolute Gasteiger partial charge is 0.492 e. The summed E-state index contributed by atoms with van der Waals surface area (Å²) in [4.78, 5) is 24.3. The molecule has 264 valence electrons. The van der Waals surface area contributed by atoms with Gasteiger partial charge in [0.15, 0.2) is 6.10 Å². The van der Waals surface area contributed by atoms with Gasteiger partial charge in [-0.15, -0.1) is 0 Å². The minimum atomic E-state index is -7.22. The Balaban J connectivity index is 2.14. The highest BCUT2D eigenvalue weighted by Crippen LogP contribution is 2.53. The summed E-state index contributed by atoms with van der Waals surface area (Å²) in [5.41, 5.74) is -0.636. The van der Waals surface area contributed by atoms with Gasteiger partial charge >= 0.3 is 42.4 Å². The number of aliphatic carboxylic acids is 1. The first-order valence-electron chi connectivity index (χ1n) is 13.1. The lowest BCUT2D eigenvalue weighted by Crippen LogP contribution is -2.62. The van der Waals surface area contributed by atoms with E-state index >= 15 is 0 Å². The van der Waals surface area contributed by atoms with Crippen molar-refractivity contribution >= 4 is 12.1 Å². The molecule has 47 heavy (non-hydrogen) atoms. The number of ether oxygens (including phenoxy) is 4. The fourth-order valence-electron chi connectivity index (χ4n) is 3.54. The van der Waals surface area contributed by atoms with Crippen LogP contribution >= 0.6 is 0 Å². The molecule has 0 bridgehead atoms. The van der Waals surface area contributed by atoms with Crippen LogP contribution in [0.2, 0.25) is 0 Å². The minimum absolute atomic E-state index is 0.0222. The van der Waals surface area contributed by atoms with Gasteiger partial charge in [-0.25, -0.2) is 9.59 Å². The Labute approximate surface area is 257 Å². The maximum atomic E-state index is 13.8. The molecule has 1 amide bonds. The van der Waals surface area contributed by atoms with Gasteiger partial charge in [0.25, 0.3) is 0 Å². The van der Waals surface area contributed by atoms with Crippen LogP contribution in [0.4, 0.5) is 57.5 Å². The van der Waals surface area contributed by atoms with E-state index in [4.69, 9.17) is 14.2 Å². The van der Waals surface area contributed by atoms with Crippen LogP contribution in [0.25, 0.3) is 0 Å². The number of nitrogens with zero attached hydrogens (tertiary/aromatic N) is 1. The number of alkyl halides is 12. The highest BCUT2D eigenvalue weighted by atomic mass is 19.4. The van der Waals surface area contributed by atoms with E-state index in [1.165, 1.54) is 24.3 Å². The Morgan fingerprint density at radius 3 is 1.79 bits per heavy atom. The number of carboxylic acids is 1. The van der Waals surface area contributed by atoms with Crippen molar-refractivity contribution in [3.05, 3.63) is 59.7 Å². The molecule has 0 aliphatic rings. The Bertz CT molecular complexity index is 1320. The summed E-state index contributed by atoms with van der Waals surface area (Å²) in [6.07, 6.45) is -20.9. The number of amides is 1. The monoisotopic (exact) mass is 703 g/mol. The van der Waals surface area contributed by atoms with Crippen LogP contribution in [0, 0.1) is 0 Å². The second kappa shape index (κ2) is 15.3. The maximum Gasteiger partial charge on any atom is 0.460 e. The average Bonchev–Trinajstić information content (AvgIpc) is 2.95. The normalized spacial score (nSPS) is 13.6. The first kappa shape index (κ1) is 39.2. The van der Waals surface area contributed by atoms with Gasteiger partial charge in [-0.1, -0.05) is 12.1 Å². The summed E-state index contributed by atoms with van der Waals surface area (Å²) in [6.45, 7) is -2.40. The molecular weight excluding hydrogens is 678 g/mol. The summed E-state index contributed by atoms with van der Waals surface area (Å²) in [7, 11) is 0. The smallest absolute Gasteiger partial charge is 0.460 e. The molecule has 20 heteroatoms. The summed E-state index contributed by atoms with van der Waals surface area (Å²) >= 11 is 0. The third-order valence-corrected chi connectivity index (χ3v) is 6.02. The first-order valence-corrected chi connectivity index (χ1v) is 13.1. The van der Waals surface area contributed by atoms with Crippen molar-refractivity contribution in [3.63, 3.8) is 0 Å². The fraction of sp³-hybridized carbons (Fsp3) is 0.481. The highest BCUT2D eigenvalue weighted by molar-refractivity contribution is 5.72. The van der Waals surface area contributed by atoms with Crippen molar-refractivity contribution in [1.82, 2.24) is 4.90 Å². The molecule has 0 aliphatic carbocycles. The zero-order chi connectivity index (χ0) is 35.8. The second-order valence-corrected chi connectivity index (χ2v) is 9.37. The van der Waals surface area contributed by atoms with Crippen molar-refractivity contribution in [2.45, 2.75) is 49.8 Å². The van der Waals surface area contributed by atoms with E-state index in [0.717, 1.165) is 0 Å². The molecule has 2 rings (SSSR count). The van der Waals surface area contributed by atoms with Crippen LogP contribution in [0.1, 0.15) is 18.1 Å². The van der Waals surface area contributed by atoms with Gasteiger partial charge in [0, 0.05) is 19.6 Å². The van der Waals surface area contributed by atoms with E-state index in [1.807, 2.05) is 0 Å². The molecule has 0 saturated carbocycles. The predicted molar refractivity (Wildman–Crippen MR) is 135 cm³/mol.